The van der Waals surface area contributed by atoms with Crippen molar-refractivity contribution in [3.8, 4) is 16.5 Å². The molecule has 0 bridgehead atoms. The molecule has 4 aromatic rings. The molecule has 1 aliphatic rings. The number of halogens is 1. The Labute approximate surface area is 212 Å². The number of hydrogen-bond acceptors (Lipinski definition) is 9. The molecule has 0 amide bonds. The third-order valence-corrected chi connectivity index (χ3v) is 8.47. The van der Waals surface area contributed by atoms with Gasteiger partial charge >= 0.3 is 0 Å². The van der Waals surface area contributed by atoms with Gasteiger partial charge in [0, 0.05) is 37.3 Å². The number of sulfone groups is 1. The summed E-state index contributed by atoms with van der Waals surface area (Å²) in [5, 5.41) is 4.97. The zero-order valence-electron chi connectivity index (χ0n) is 20.3. The Kier molecular flexibility index (Phi) is 6.64. The van der Waals surface area contributed by atoms with E-state index in [9.17, 15) is 12.8 Å². The molecule has 1 unspecified atom stereocenters. The van der Waals surface area contributed by atoms with Gasteiger partial charge in [0.2, 0.25) is 10.9 Å². The minimum atomic E-state index is -3.49. The summed E-state index contributed by atoms with van der Waals surface area (Å²) in [6.45, 7) is 5.89. The number of aromatic nitrogens is 5. The van der Waals surface area contributed by atoms with Crippen LogP contribution < -0.4 is 9.64 Å². The van der Waals surface area contributed by atoms with Crippen molar-refractivity contribution in [1.82, 2.24) is 24.6 Å². The van der Waals surface area contributed by atoms with Crippen LogP contribution in [0.15, 0.2) is 41.7 Å². The summed E-state index contributed by atoms with van der Waals surface area (Å²) in [6.07, 6.45) is 9.28. The minimum absolute atomic E-state index is 0.0214. The molecule has 5 rings (SSSR count). The molecule has 1 aromatic carbocycles. The molecular weight excluding hydrogens is 503 g/mol. The number of nitrogens with zero attached hydrogens (tertiary/aromatic N) is 6. The maximum Gasteiger partial charge on any atom is 0.294 e. The highest BCUT2D eigenvalue weighted by Crippen LogP contribution is 2.31. The van der Waals surface area contributed by atoms with Crippen LogP contribution >= 0.6 is 11.3 Å². The molecule has 0 N–H and O–H groups in total. The van der Waals surface area contributed by atoms with E-state index < -0.39 is 15.7 Å². The van der Waals surface area contributed by atoms with Crippen molar-refractivity contribution in [2.75, 3.05) is 24.2 Å². The Bertz CT molecular complexity index is 1450. The first-order valence-corrected chi connectivity index (χ1v) is 14.5. The number of rotatable bonds is 7. The Morgan fingerprint density at radius 1 is 1.22 bits per heavy atom. The minimum Gasteiger partial charge on any atom is -0.466 e. The van der Waals surface area contributed by atoms with Gasteiger partial charge < -0.3 is 9.64 Å². The number of piperidine rings is 1. The van der Waals surface area contributed by atoms with Crippen LogP contribution in [0, 0.1) is 11.7 Å². The molecule has 190 valence electrons. The maximum atomic E-state index is 14.6. The smallest absolute Gasteiger partial charge is 0.294 e. The van der Waals surface area contributed by atoms with Crippen LogP contribution in [-0.2, 0) is 16.3 Å². The van der Waals surface area contributed by atoms with Crippen LogP contribution in [0.3, 0.4) is 0 Å². The molecule has 1 saturated heterocycles. The normalized spacial score (nSPS) is 15.9. The van der Waals surface area contributed by atoms with Crippen molar-refractivity contribution in [3.05, 3.63) is 48.2 Å². The molecule has 0 aliphatic carbocycles. The van der Waals surface area contributed by atoms with E-state index in [0.29, 0.717) is 21.8 Å². The summed E-state index contributed by atoms with van der Waals surface area (Å²) in [5.41, 5.74) is 1.73. The van der Waals surface area contributed by atoms with E-state index in [0.717, 1.165) is 56.2 Å². The Hall–Kier alpha value is -3.12. The van der Waals surface area contributed by atoms with Gasteiger partial charge in [-0.05, 0) is 67.2 Å². The summed E-state index contributed by atoms with van der Waals surface area (Å²) >= 11 is 1.29. The first kappa shape index (κ1) is 24.6. The van der Waals surface area contributed by atoms with E-state index >= 15 is 0 Å². The van der Waals surface area contributed by atoms with E-state index in [4.69, 9.17) is 4.74 Å². The molecule has 9 nitrogen and oxygen atoms in total. The van der Waals surface area contributed by atoms with Crippen LogP contribution in [0.1, 0.15) is 32.3 Å². The fourth-order valence-electron chi connectivity index (χ4n) is 4.31. The highest BCUT2D eigenvalue weighted by Gasteiger charge is 2.27. The second-order valence-corrected chi connectivity index (χ2v) is 12.0. The van der Waals surface area contributed by atoms with Gasteiger partial charge in [-0.1, -0.05) is 6.92 Å². The standard InChI is InChI=1S/C24H27FN6O3S2/c1-4-16-12-26-22(27-13-16)30-9-7-17(8-10-30)15(2)34-24-29-31-14-21(28-23(31)35-24)19-6-5-18(11-20(19)25)36(3,32)33/h5-6,11-15,17H,4,7-10H2,1-3H3. The Morgan fingerprint density at radius 3 is 2.56 bits per heavy atom. The lowest BCUT2D eigenvalue weighted by Gasteiger charge is -2.34. The molecule has 0 saturated carbocycles. The monoisotopic (exact) mass is 530 g/mol. The molecular formula is C24H27FN6O3S2. The highest BCUT2D eigenvalue weighted by molar-refractivity contribution is 7.90. The number of hydrogen-bond donors (Lipinski definition) is 0. The van der Waals surface area contributed by atoms with Crippen LogP contribution in [0.2, 0.25) is 0 Å². The van der Waals surface area contributed by atoms with Gasteiger partial charge in [0.25, 0.3) is 5.19 Å². The summed E-state index contributed by atoms with van der Waals surface area (Å²) < 4.78 is 45.6. The van der Waals surface area contributed by atoms with Crippen molar-refractivity contribution in [1.29, 1.82) is 0 Å². The van der Waals surface area contributed by atoms with Crippen LogP contribution in [-0.4, -0.2) is 58.4 Å². The largest absolute Gasteiger partial charge is 0.466 e. The van der Waals surface area contributed by atoms with Gasteiger partial charge in [0.15, 0.2) is 9.84 Å². The Morgan fingerprint density at radius 2 is 1.94 bits per heavy atom. The van der Waals surface area contributed by atoms with Gasteiger partial charge in [0.05, 0.1) is 16.8 Å². The molecule has 12 heteroatoms. The fraction of sp³-hybridized carbons (Fsp3) is 0.417. The van der Waals surface area contributed by atoms with Crippen molar-refractivity contribution < 1.29 is 17.5 Å². The fourth-order valence-corrected chi connectivity index (χ4v) is 5.76. The second-order valence-electron chi connectivity index (χ2n) is 9.03. The third-order valence-electron chi connectivity index (χ3n) is 6.54. The molecule has 0 spiro atoms. The van der Waals surface area contributed by atoms with E-state index in [-0.39, 0.29) is 16.6 Å². The molecule has 1 atom stereocenters. The topological polar surface area (TPSA) is 103 Å². The van der Waals surface area contributed by atoms with Gasteiger partial charge in [-0.3, -0.25) is 0 Å². The summed E-state index contributed by atoms with van der Waals surface area (Å²) in [7, 11) is -3.49. The third kappa shape index (κ3) is 5.05. The molecule has 1 fully saturated rings. The van der Waals surface area contributed by atoms with E-state index in [1.165, 1.54) is 23.5 Å². The van der Waals surface area contributed by atoms with Gasteiger partial charge in [-0.2, -0.15) is 0 Å². The number of benzene rings is 1. The lowest BCUT2D eigenvalue weighted by atomic mass is 9.92. The summed E-state index contributed by atoms with van der Waals surface area (Å²) in [6, 6.07) is 3.81. The number of fused-ring (bicyclic) bond motifs is 1. The predicted octanol–water partition coefficient (Wildman–Crippen LogP) is 4.04. The molecule has 1 aliphatic heterocycles. The van der Waals surface area contributed by atoms with Crippen LogP contribution in [0.4, 0.5) is 10.3 Å². The van der Waals surface area contributed by atoms with Crippen molar-refractivity contribution >= 4 is 32.1 Å². The van der Waals surface area contributed by atoms with Gasteiger partial charge in [-0.15, -0.1) is 5.10 Å². The number of ether oxygens (including phenoxy) is 1. The number of anilines is 1. The SMILES string of the molecule is CCc1cnc(N2CCC(C(C)Oc3nn4cc(-c5ccc(S(C)(=O)=O)cc5F)nc4s3)CC2)nc1. The van der Waals surface area contributed by atoms with Gasteiger partial charge in [-0.25, -0.2) is 32.3 Å². The Balaban J connectivity index is 1.22. The zero-order valence-corrected chi connectivity index (χ0v) is 21.9. The van der Waals surface area contributed by atoms with Crippen LogP contribution in [0.5, 0.6) is 5.19 Å². The van der Waals surface area contributed by atoms with E-state index in [1.807, 2.05) is 12.4 Å². The van der Waals surface area contributed by atoms with Crippen molar-refractivity contribution in [2.45, 2.75) is 44.1 Å². The molecule has 0 radical (unpaired) electrons. The second kappa shape index (κ2) is 9.74. The maximum absolute atomic E-state index is 14.6. The first-order valence-electron chi connectivity index (χ1n) is 11.8. The lowest BCUT2D eigenvalue weighted by molar-refractivity contribution is 0.131. The lowest BCUT2D eigenvalue weighted by Crippen LogP contribution is -2.39. The predicted molar refractivity (Wildman–Crippen MR) is 136 cm³/mol. The molecule has 4 heterocycles. The quantitative estimate of drug-likeness (QED) is 0.353. The number of aryl methyl sites for hydroxylation is 1. The average molecular weight is 531 g/mol. The average Bonchev–Trinajstić information content (AvgIpc) is 3.42. The summed E-state index contributed by atoms with van der Waals surface area (Å²) in [5.74, 6) is 0.510. The first-order chi connectivity index (χ1) is 17.2. The molecule has 36 heavy (non-hydrogen) atoms. The van der Waals surface area contributed by atoms with Crippen LogP contribution in [0.25, 0.3) is 16.2 Å². The van der Waals surface area contributed by atoms with Crippen molar-refractivity contribution in [2.24, 2.45) is 5.92 Å². The molecule has 3 aromatic heterocycles. The highest BCUT2D eigenvalue weighted by atomic mass is 32.2. The number of imidazole rings is 1. The van der Waals surface area contributed by atoms with E-state index in [2.05, 4.69) is 38.8 Å². The van der Waals surface area contributed by atoms with Crippen molar-refractivity contribution in [3.63, 3.8) is 0 Å². The van der Waals surface area contributed by atoms with E-state index in [1.54, 1.807) is 10.7 Å². The zero-order chi connectivity index (χ0) is 25.4. The summed E-state index contributed by atoms with van der Waals surface area (Å²) in [4.78, 5) is 16.2. The van der Waals surface area contributed by atoms with Gasteiger partial charge in [0.1, 0.15) is 11.9 Å².